The van der Waals surface area contributed by atoms with E-state index in [9.17, 15) is 0 Å². The van der Waals surface area contributed by atoms with Gasteiger partial charge in [0.05, 0.1) is 14.2 Å². The van der Waals surface area contributed by atoms with E-state index < -0.39 is 0 Å². The van der Waals surface area contributed by atoms with Crippen molar-refractivity contribution in [2.45, 2.75) is 0 Å². The van der Waals surface area contributed by atoms with E-state index in [1.807, 2.05) is 42.5 Å². The molecule has 0 aliphatic heterocycles. The number of hydrogen-bond donors (Lipinski definition) is 2. The first-order valence-corrected chi connectivity index (χ1v) is 7.45. The Morgan fingerprint density at radius 1 is 0.905 bits per heavy atom. The molecule has 0 fully saturated rings. The highest BCUT2D eigenvalue weighted by molar-refractivity contribution is 7.96. The quantitative estimate of drug-likeness (QED) is 0.601. The summed E-state index contributed by atoms with van der Waals surface area (Å²) in [7, 11) is 3.20. The Bertz CT molecular complexity index is 684. The van der Waals surface area contributed by atoms with E-state index in [0.717, 1.165) is 11.1 Å². The Morgan fingerprint density at radius 2 is 1.57 bits per heavy atom. The molecule has 0 saturated heterocycles. The van der Waals surface area contributed by atoms with Crippen LogP contribution in [0, 0.1) is 0 Å². The molecule has 2 aromatic rings. The first-order chi connectivity index (χ1) is 10.1. The lowest BCUT2D eigenvalue weighted by atomic mass is 10.1. The normalized spacial score (nSPS) is 11.9. The summed E-state index contributed by atoms with van der Waals surface area (Å²) in [6.07, 6.45) is 0. The van der Waals surface area contributed by atoms with Crippen molar-refractivity contribution in [3.05, 3.63) is 58.6 Å². The molecule has 2 rings (SSSR count). The fourth-order valence-electron chi connectivity index (χ4n) is 1.90. The fourth-order valence-corrected chi connectivity index (χ4v) is 2.78. The standard InChI is InChI=1S/C16H15ClO2S2/c1-18-13-8-7-10(9-14(13)19-2)15(20)16(21)11-5-3-4-6-12(11)17/h3-9,20-21H,1-2H3. The molecule has 0 radical (unpaired) electrons. The number of thiol groups is 2. The summed E-state index contributed by atoms with van der Waals surface area (Å²) < 4.78 is 10.5. The second kappa shape index (κ2) is 7.16. The summed E-state index contributed by atoms with van der Waals surface area (Å²) >= 11 is 15.3. The largest absolute Gasteiger partial charge is 0.493 e. The molecule has 0 N–H and O–H groups in total. The van der Waals surface area contributed by atoms with Crippen LogP contribution in [0.4, 0.5) is 0 Å². The second-order valence-electron chi connectivity index (χ2n) is 4.25. The van der Waals surface area contributed by atoms with Gasteiger partial charge in [0.15, 0.2) is 11.5 Å². The van der Waals surface area contributed by atoms with Crippen LogP contribution in [-0.2, 0) is 0 Å². The zero-order valence-corrected chi connectivity index (χ0v) is 14.2. The van der Waals surface area contributed by atoms with Crippen molar-refractivity contribution < 1.29 is 9.47 Å². The van der Waals surface area contributed by atoms with Crippen molar-refractivity contribution in [3.63, 3.8) is 0 Å². The summed E-state index contributed by atoms with van der Waals surface area (Å²) in [6.45, 7) is 0. The van der Waals surface area contributed by atoms with Gasteiger partial charge < -0.3 is 9.47 Å². The smallest absolute Gasteiger partial charge is 0.161 e. The fraction of sp³-hybridized carbons (Fsp3) is 0.125. The minimum atomic E-state index is 0.634. The molecule has 110 valence electrons. The number of ether oxygens (including phenoxy) is 2. The summed E-state index contributed by atoms with van der Waals surface area (Å²) in [5.41, 5.74) is 1.71. The number of benzene rings is 2. The van der Waals surface area contributed by atoms with E-state index in [4.69, 9.17) is 21.1 Å². The number of halogens is 1. The van der Waals surface area contributed by atoms with Crippen molar-refractivity contribution in [1.82, 2.24) is 0 Å². The molecule has 0 spiro atoms. The van der Waals surface area contributed by atoms with Gasteiger partial charge in [0, 0.05) is 20.4 Å². The lowest BCUT2D eigenvalue weighted by molar-refractivity contribution is 0.355. The number of methoxy groups -OCH3 is 2. The molecule has 0 unspecified atom stereocenters. The molecule has 5 heteroatoms. The molecule has 0 aromatic heterocycles. The third kappa shape index (κ3) is 3.51. The SMILES string of the molecule is COc1ccc(C(S)=C(S)c2ccccc2Cl)cc1OC. The maximum atomic E-state index is 6.20. The molecule has 2 aromatic carbocycles. The predicted molar refractivity (Wildman–Crippen MR) is 95.8 cm³/mol. The van der Waals surface area contributed by atoms with Crippen molar-refractivity contribution in [2.24, 2.45) is 0 Å². The van der Waals surface area contributed by atoms with E-state index in [1.54, 1.807) is 14.2 Å². The average molecular weight is 339 g/mol. The van der Waals surface area contributed by atoms with E-state index in [1.165, 1.54) is 0 Å². The van der Waals surface area contributed by atoms with E-state index in [0.29, 0.717) is 26.3 Å². The Labute approximate surface area is 140 Å². The molecule has 0 heterocycles. The van der Waals surface area contributed by atoms with Crippen molar-refractivity contribution in [3.8, 4) is 11.5 Å². The van der Waals surface area contributed by atoms with Gasteiger partial charge in [0.25, 0.3) is 0 Å². The highest BCUT2D eigenvalue weighted by Gasteiger charge is 2.11. The molecule has 0 amide bonds. The van der Waals surface area contributed by atoms with Crippen LogP contribution in [0.3, 0.4) is 0 Å². The molecule has 2 nitrogen and oxygen atoms in total. The van der Waals surface area contributed by atoms with Crippen molar-refractivity contribution in [2.75, 3.05) is 14.2 Å². The van der Waals surface area contributed by atoms with Gasteiger partial charge in [-0.1, -0.05) is 29.8 Å². The molecule has 21 heavy (non-hydrogen) atoms. The topological polar surface area (TPSA) is 18.5 Å². The molecular formula is C16H15ClO2S2. The highest BCUT2D eigenvalue weighted by atomic mass is 35.5. The minimum absolute atomic E-state index is 0.634. The summed E-state index contributed by atoms with van der Waals surface area (Å²) in [4.78, 5) is 1.42. The molecule has 0 atom stereocenters. The molecule has 0 aliphatic carbocycles. The van der Waals surface area contributed by atoms with Gasteiger partial charge in [-0.2, -0.15) is 0 Å². The zero-order valence-electron chi connectivity index (χ0n) is 11.6. The van der Waals surface area contributed by atoms with Gasteiger partial charge in [-0.25, -0.2) is 0 Å². The van der Waals surface area contributed by atoms with E-state index >= 15 is 0 Å². The zero-order chi connectivity index (χ0) is 15.4. The van der Waals surface area contributed by atoms with Crippen molar-refractivity contribution >= 4 is 46.7 Å². The predicted octanol–water partition coefficient (Wildman–Crippen LogP) is 5.04. The van der Waals surface area contributed by atoms with Crippen LogP contribution in [0.25, 0.3) is 9.81 Å². The van der Waals surface area contributed by atoms with Crippen LogP contribution in [0.15, 0.2) is 42.5 Å². The Hall–Kier alpha value is -1.23. The minimum Gasteiger partial charge on any atom is -0.493 e. The maximum absolute atomic E-state index is 6.20. The summed E-state index contributed by atoms with van der Waals surface area (Å²) in [5, 5.41) is 0.634. The van der Waals surface area contributed by atoms with Crippen LogP contribution < -0.4 is 9.47 Å². The molecule has 0 bridgehead atoms. The first-order valence-electron chi connectivity index (χ1n) is 6.18. The van der Waals surface area contributed by atoms with Crippen LogP contribution in [-0.4, -0.2) is 14.2 Å². The Kier molecular flexibility index (Phi) is 5.51. The van der Waals surface area contributed by atoms with Gasteiger partial charge in [0.1, 0.15) is 0 Å². The molecule has 0 aliphatic rings. The second-order valence-corrected chi connectivity index (χ2v) is 5.55. The van der Waals surface area contributed by atoms with E-state index in [-0.39, 0.29) is 0 Å². The third-order valence-corrected chi connectivity index (χ3v) is 4.46. The van der Waals surface area contributed by atoms with Gasteiger partial charge in [-0.15, -0.1) is 25.3 Å². The lowest BCUT2D eigenvalue weighted by Crippen LogP contribution is -1.92. The average Bonchev–Trinajstić information content (AvgIpc) is 2.53. The van der Waals surface area contributed by atoms with Crippen LogP contribution >= 0.6 is 36.9 Å². The monoisotopic (exact) mass is 338 g/mol. The van der Waals surface area contributed by atoms with Gasteiger partial charge >= 0.3 is 0 Å². The maximum Gasteiger partial charge on any atom is 0.161 e. The van der Waals surface area contributed by atoms with Crippen LogP contribution in [0.2, 0.25) is 5.02 Å². The van der Waals surface area contributed by atoms with Crippen molar-refractivity contribution in [1.29, 1.82) is 0 Å². The molecular weight excluding hydrogens is 324 g/mol. The number of rotatable bonds is 4. The summed E-state index contributed by atoms with van der Waals surface area (Å²) in [6, 6.07) is 13.1. The van der Waals surface area contributed by atoms with E-state index in [2.05, 4.69) is 25.3 Å². The van der Waals surface area contributed by atoms with Gasteiger partial charge in [0.2, 0.25) is 0 Å². The summed E-state index contributed by atoms with van der Waals surface area (Å²) in [5.74, 6) is 1.31. The lowest BCUT2D eigenvalue weighted by Gasteiger charge is -2.12. The van der Waals surface area contributed by atoms with Crippen LogP contribution in [0.5, 0.6) is 11.5 Å². The van der Waals surface area contributed by atoms with Crippen LogP contribution in [0.1, 0.15) is 11.1 Å². The van der Waals surface area contributed by atoms with Gasteiger partial charge in [-0.3, -0.25) is 0 Å². The highest BCUT2D eigenvalue weighted by Crippen LogP contribution is 2.38. The van der Waals surface area contributed by atoms with Gasteiger partial charge in [-0.05, 0) is 29.8 Å². The first kappa shape index (κ1) is 16.1. The Morgan fingerprint density at radius 3 is 2.19 bits per heavy atom. The third-order valence-electron chi connectivity index (χ3n) is 3.01. The Balaban J connectivity index is 2.50. The molecule has 0 saturated carbocycles. The number of hydrogen-bond acceptors (Lipinski definition) is 4.